The molecule has 0 radical (unpaired) electrons. The van der Waals surface area contributed by atoms with E-state index >= 15 is 0 Å². The minimum absolute atomic E-state index is 0.131. The fourth-order valence-corrected chi connectivity index (χ4v) is 6.54. The topological polar surface area (TPSA) is 71.0 Å². The Morgan fingerprint density at radius 3 is 2.51 bits per heavy atom. The number of nitrogens with zero attached hydrogens (tertiary/aromatic N) is 2. The average molecular weight is 595 g/mol. The number of oxime groups is 1. The Kier molecular flexibility index (Phi) is 10.7. The van der Waals surface area contributed by atoms with Crippen LogP contribution in [0.15, 0.2) is 29.4 Å². The molecule has 1 aromatic carbocycles. The number of likely N-dealkylation sites (tertiary alicyclic amines) is 1. The molecule has 2 heterocycles. The first-order chi connectivity index (χ1) is 18.0. The van der Waals surface area contributed by atoms with Crippen molar-refractivity contribution >= 4 is 45.1 Å². The van der Waals surface area contributed by atoms with E-state index in [9.17, 15) is 9.59 Å². The third kappa shape index (κ3) is 7.95. The van der Waals surface area contributed by atoms with Gasteiger partial charge in [0.2, 0.25) is 11.8 Å². The number of unbranched alkanes of at least 4 members (excludes halogenated alkanes) is 2. The van der Waals surface area contributed by atoms with Crippen LogP contribution < -0.4 is 5.32 Å². The second-order valence-electron chi connectivity index (χ2n) is 11.1. The van der Waals surface area contributed by atoms with E-state index < -0.39 is 5.41 Å². The highest BCUT2D eigenvalue weighted by Gasteiger charge is 2.45. The second kappa shape index (κ2) is 14.0. The van der Waals surface area contributed by atoms with E-state index in [0.29, 0.717) is 56.1 Å². The highest BCUT2D eigenvalue weighted by atomic mass is 79.9. The molecule has 4 rings (SSSR count). The SMILES string of the molecule is O=C(CCCCCBr)N1CCC(CC2CC(c3ccc(Cl)cc3)=NO2)(C(=O)NCC2CCCCC2)CC1. The van der Waals surface area contributed by atoms with Crippen molar-refractivity contribution in [2.24, 2.45) is 16.5 Å². The first-order valence-electron chi connectivity index (χ1n) is 14.1. The molecule has 1 aliphatic carbocycles. The van der Waals surface area contributed by atoms with E-state index in [0.717, 1.165) is 42.4 Å². The van der Waals surface area contributed by atoms with E-state index in [1.54, 1.807) is 0 Å². The molecule has 1 N–H and O–H groups in total. The van der Waals surface area contributed by atoms with Gasteiger partial charge >= 0.3 is 0 Å². The summed E-state index contributed by atoms with van der Waals surface area (Å²) in [5, 5.41) is 9.36. The van der Waals surface area contributed by atoms with Gasteiger partial charge in [-0.1, -0.05) is 70.5 Å². The second-order valence-corrected chi connectivity index (χ2v) is 12.3. The maximum atomic E-state index is 13.7. The summed E-state index contributed by atoms with van der Waals surface area (Å²) in [6, 6.07) is 7.64. The number of hydrogen-bond acceptors (Lipinski definition) is 4. The Balaban J connectivity index is 1.37. The maximum absolute atomic E-state index is 13.7. The zero-order valence-electron chi connectivity index (χ0n) is 21.9. The molecule has 1 aromatic rings. The molecule has 0 aromatic heterocycles. The zero-order valence-corrected chi connectivity index (χ0v) is 24.2. The van der Waals surface area contributed by atoms with E-state index in [4.69, 9.17) is 16.4 Å². The van der Waals surface area contributed by atoms with E-state index in [1.165, 1.54) is 32.1 Å². The summed E-state index contributed by atoms with van der Waals surface area (Å²) in [5.74, 6) is 0.931. The Morgan fingerprint density at radius 2 is 1.81 bits per heavy atom. The number of hydrogen-bond donors (Lipinski definition) is 1. The fraction of sp³-hybridized carbons (Fsp3) is 0.690. The quantitative estimate of drug-likeness (QED) is 0.235. The molecule has 2 amide bonds. The lowest BCUT2D eigenvalue weighted by molar-refractivity contribution is -0.143. The molecule has 37 heavy (non-hydrogen) atoms. The van der Waals surface area contributed by atoms with Gasteiger partial charge in [0, 0.05) is 49.2 Å². The molecule has 1 saturated heterocycles. The first-order valence-corrected chi connectivity index (χ1v) is 15.6. The normalized spacial score (nSPS) is 21.8. The highest BCUT2D eigenvalue weighted by Crippen LogP contribution is 2.40. The number of halogens is 2. The molecular weight excluding hydrogens is 554 g/mol. The summed E-state index contributed by atoms with van der Waals surface area (Å²) < 4.78 is 0. The molecule has 0 spiro atoms. The van der Waals surface area contributed by atoms with E-state index in [-0.39, 0.29) is 17.9 Å². The predicted molar refractivity (Wildman–Crippen MR) is 152 cm³/mol. The smallest absolute Gasteiger partial charge is 0.226 e. The van der Waals surface area contributed by atoms with Gasteiger partial charge in [0.25, 0.3) is 0 Å². The monoisotopic (exact) mass is 593 g/mol. The van der Waals surface area contributed by atoms with Crippen molar-refractivity contribution in [3.63, 3.8) is 0 Å². The van der Waals surface area contributed by atoms with E-state index in [2.05, 4.69) is 26.4 Å². The van der Waals surface area contributed by atoms with E-state index in [1.807, 2.05) is 29.2 Å². The molecule has 2 fully saturated rings. The summed E-state index contributed by atoms with van der Waals surface area (Å²) >= 11 is 9.50. The Labute approximate surface area is 235 Å². The van der Waals surface area contributed by atoms with Crippen molar-refractivity contribution < 1.29 is 14.4 Å². The fourth-order valence-electron chi connectivity index (χ4n) is 6.02. The Morgan fingerprint density at radius 1 is 1.08 bits per heavy atom. The molecule has 1 unspecified atom stereocenters. The molecule has 6 nitrogen and oxygen atoms in total. The van der Waals surface area contributed by atoms with Gasteiger partial charge in [-0.05, 0) is 62.1 Å². The number of benzene rings is 1. The maximum Gasteiger partial charge on any atom is 0.226 e. The van der Waals surface area contributed by atoms with Crippen LogP contribution in [0, 0.1) is 11.3 Å². The standard InChI is InChI=1S/C29H41BrClN3O3/c30-16-6-2-5-9-27(35)34-17-14-29(15-18-34,28(36)32-21-22-7-3-1-4-8-22)20-25-19-26(33-37-25)23-10-12-24(31)13-11-23/h10-13,22,25H,1-9,14-21H2,(H,32,36). The van der Waals surface area contributed by atoms with Crippen molar-refractivity contribution in [3.05, 3.63) is 34.9 Å². The number of amides is 2. The van der Waals surface area contributed by atoms with Gasteiger partial charge in [0.15, 0.2) is 0 Å². The minimum atomic E-state index is -0.531. The molecule has 1 atom stereocenters. The zero-order chi connectivity index (χ0) is 26.1. The summed E-state index contributed by atoms with van der Waals surface area (Å²) in [5.41, 5.74) is 1.37. The van der Waals surface area contributed by atoms with Crippen LogP contribution in [0.25, 0.3) is 0 Å². The summed E-state index contributed by atoms with van der Waals surface area (Å²) in [6.07, 6.45) is 12.4. The minimum Gasteiger partial charge on any atom is -0.392 e. The van der Waals surface area contributed by atoms with Crippen LogP contribution in [-0.2, 0) is 14.4 Å². The predicted octanol–water partition coefficient (Wildman–Crippen LogP) is 6.48. The summed E-state index contributed by atoms with van der Waals surface area (Å²) in [7, 11) is 0. The lowest BCUT2D eigenvalue weighted by atomic mass is 9.72. The van der Waals surface area contributed by atoms with Crippen molar-refractivity contribution in [2.75, 3.05) is 25.0 Å². The third-order valence-corrected chi connectivity index (χ3v) is 9.20. The van der Waals surface area contributed by atoms with Crippen LogP contribution in [0.5, 0.6) is 0 Å². The number of piperidine rings is 1. The lowest BCUT2D eigenvalue weighted by Gasteiger charge is -2.42. The van der Waals surface area contributed by atoms with Crippen LogP contribution in [-0.4, -0.2) is 53.5 Å². The van der Waals surface area contributed by atoms with Crippen LogP contribution >= 0.6 is 27.5 Å². The van der Waals surface area contributed by atoms with Crippen LogP contribution in [0.2, 0.25) is 5.02 Å². The third-order valence-electron chi connectivity index (χ3n) is 8.38. The number of carbonyl (C=O) groups is 2. The lowest BCUT2D eigenvalue weighted by Crippen LogP contribution is -2.52. The summed E-state index contributed by atoms with van der Waals surface area (Å²) in [4.78, 5) is 34.4. The van der Waals surface area contributed by atoms with Gasteiger partial charge in [0.1, 0.15) is 6.10 Å². The summed E-state index contributed by atoms with van der Waals surface area (Å²) in [6.45, 7) is 2.02. The molecule has 3 aliphatic rings. The molecule has 204 valence electrons. The van der Waals surface area contributed by atoms with Crippen molar-refractivity contribution in [1.29, 1.82) is 0 Å². The molecule has 8 heteroatoms. The average Bonchev–Trinajstić information content (AvgIpc) is 3.39. The van der Waals surface area contributed by atoms with Crippen LogP contribution in [0.1, 0.15) is 89.0 Å². The van der Waals surface area contributed by atoms with Crippen LogP contribution in [0.3, 0.4) is 0 Å². The van der Waals surface area contributed by atoms with Crippen molar-refractivity contribution in [2.45, 2.75) is 89.6 Å². The largest absolute Gasteiger partial charge is 0.392 e. The number of nitrogens with one attached hydrogen (secondary N) is 1. The van der Waals surface area contributed by atoms with Gasteiger partial charge in [-0.25, -0.2) is 0 Å². The molecule has 2 aliphatic heterocycles. The first kappa shape index (κ1) is 28.4. The number of rotatable bonds is 11. The van der Waals surface area contributed by atoms with Crippen LogP contribution in [0.4, 0.5) is 0 Å². The number of carbonyl (C=O) groups excluding carboxylic acids is 2. The van der Waals surface area contributed by atoms with Crippen molar-refractivity contribution in [3.8, 4) is 0 Å². The van der Waals surface area contributed by atoms with Gasteiger partial charge in [0.05, 0.1) is 11.1 Å². The molecule has 1 saturated carbocycles. The number of alkyl halides is 1. The Hall–Kier alpha value is -1.60. The Bertz CT molecular complexity index is 925. The van der Waals surface area contributed by atoms with Crippen molar-refractivity contribution in [1.82, 2.24) is 10.2 Å². The van der Waals surface area contributed by atoms with Gasteiger partial charge < -0.3 is 15.1 Å². The highest BCUT2D eigenvalue weighted by molar-refractivity contribution is 9.09. The molecule has 0 bridgehead atoms. The van der Waals surface area contributed by atoms with Gasteiger partial charge in [-0.3, -0.25) is 9.59 Å². The van der Waals surface area contributed by atoms with Gasteiger partial charge in [-0.15, -0.1) is 0 Å². The molecular formula is C29H41BrClN3O3. The van der Waals surface area contributed by atoms with Gasteiger partial charge in [-0.2, -0.15) is 0 Å².